The minimum atomic E-state index is -0.528. The van der Waals surface area contributed by atoms with Crippen molar-refractivity contribution in [2.24, 2.45) is 7.05 Å². The summed E-state index contributed by atoms with van der Waals surface area (Å²) in [5, 5.41) is 11.6. The lowest BCUT2D eigenvalue weighted by Crippen LogP contribution is -2.50. The van der Waals surface area contributed by atoms with E-state index in [-0.39, 0.29) is 12.1 Å². The summed E-state index contributed by atoms with van der Waals surface area (Å²) >= 11 is 0. The molecule has 3 heterocycles. The van der Waals surface area contributed by atoms with E-state index in [0.717, 1.165) is 47.7 Å². The Bertz CT molecular complexity index is 1070. The smallest absolute Gasteiger partial charge is 0.407 e. The van der Waals surface area contributed by atoms with E-state index >= 15 is 0 Å². The molecule has 2 N–H and O–H groups in total. The van der Waals surface area contributed by atoms with Gasteiger partial charge < -0.3 is 15.4 Å². The summed E-state index contributed by atoms with van der Waals surface area (Å²) in [6.45, 7) is 5.59. The molecule has 3 aromatic rings. The quantitative estimate of drug-likeness (QED) is 0.659. The summed E-state index contributed by atoms with van der Waals surface area (Å²) in [5.74, 6) is 0.534. The minimum absolute atomic E-state index is 0.0300. The molecule has 0 spiro atoms. The van der Waals surface area contributed by atoms with E-state index in [1.54, 1.807) is 29.5 Å². The van der Waals surface area contributed by atoms with Gasteiger partial charge in [0.15, 0.2) is 0 Å². The Balaban J connectivity index is 1.56. The van der Waals surface area contributed by atoms with Crippen LogP contribution in [-0.4, -0.2) is 48.5 Å². The molecule has 0 unspecified atom stereocenters. The van der Waals surface area contributed by atoms with Crippen LogP contribution in [0.1, 0.15) is 46.5 Å². The molecule has 4 rings (SSSR count). The third-order valence-electron chi connectivity index (χ3n) is 5.29. The Morgan fingerprint density at radius 1 is 1.13 bits per heavy atom. The van der Waals surface area contributed by atoms with E-state index in [0.29, 0.717) is 5.95 Å². The summed E-state index contributed by atoms with van der Waals surface area (Å²) in [7, 11) is 1.88. The van der Waals surface area contributed by atoms with Gasteiger partial charge in [0.2, 0.25) is 5.95 Å². The largest absolute Gasteiger partial charge is 0.444 e. The molecular weight excluding hydrogens is 394 g/mol. The SMILES string of the molecule is Cn1cc(-c2cncc3cnc(N[C@@H]4CCCC[C@@H]4NC(=O)OC(C)(C)C)nc23)cn1. The first-order valence-electron chi connectivity index (χ1n) is 10.6. The number of hydrogen-bond acceptors (Lipinski definition) is 7. The van der Waals surface area contributed by atoms with Gasteiger partial charge in [-0.05, 0) is 33.6 Å². The summed E-state index contributed by atoms with van der Waals surface area (Å²) in [6, 6.07) is -0.0134. The van der Waals surface area contributed by atoms with Crippen molar-refractivity contribution in [3.63, 3.8) is 0 Å². The Labute approximate surface area is 181 Å². The van der Waals surface area contributed by atoms with Gasteiger partial charge in [-0.2, -0.15) is 5.10 Å². The van der Waals surface area contributed by atoms with Gasteiger partial charge in [0.25, 0.3) is 0 Å². The van der Waals surface area contributed by atoms with Crippen molar-refractivity contribution in [2.45, 2.75) is 64.1 Å². The predicted octanol–water partition coefficient (Wildman–Crippen LogP) is 3.67. The van der Waals surface area contributed by atoms with Crippen molar-refractivity contribution in [2.75, 3.05) is 5.32 Å². The first kappa shape index (κ1) is 21.0. The number of amides is 1. The normalized spacial score (nSPS) is 19.2. The standard InChI is InChI=1S/C22H29N7O2/c1-22(2,3)31-21(30)27-18-8-6-5-7-17(18)26-20-24-10-14-9-23-12-16(19(14)28-20)15-11-25-29(4)13-15/h9-13,17-18H,5-8H2,1-4H3,(H,27,30)(H,24,26,28)/t17-,18+/m1/s1. The highest BCUT2D eigenvalue weighted by atomic mass is 16.6. The van der Waals surface area contributed by atoms with Crippen LogP contribution < -0.4 is 10.6 Å². The molecule has 1 aliphatic rings. The second-order valence-corrected chi connectivity index (χ2v) is 9.01. The van der Waals surface area contributed by atoms with Crippen LogP contribution in [0.25, 0.3) is 22.0 Å². The number of alkyl carbamates (subject to hydrolysis) is 1. The van der Waals surface area contributed by atoms with Gasteiger partial charge in [-0.25, -0.2) is 14.8 Å². The zero-order chi connectivity index (χ0) is 22.0. The predicted molar refractivity (Wildman–Crippen MR) is 119 cm³/mol. The highest BCUT2D eigenvalue weighted by Gasteiger charge is 2.29. The van der Waals surface area contributed by atoms with Crippen molar-refractivity contribution in [3.05, 3.63) is 31.0 Å². The maximum absolute atomic E-state index is 12.3. The number of nitrogens with one attached hydrogen (secondary N) is 2. The molecule has 1 fully saturated rings. The molecule has 3 aromatic heterocycles. The molecule has 0 aromatic carbocycles. The maximum Gasteiger partial charge on any atom is 0.407 e. The highest BCUT2D eigenvalue weighted by Crippen LogP contribution is 2.27. The molecule has 1 amide bonds. The number of ether oxygens (including phenoxy) is 1. The maximum atomic E-state index is 12.3. The lowest BCUT2D eigenvalue weighted by atomic mass is 9.90. The third kappa shape index (κ3) is 5.10. The number of carbonyl (C=O) groups is 1. The van der Waals surface area contributed by atoms with Crippen LogP contribution in [0.5, 0.6) is 0 Å². The minimum Gasteiger partial charge on any atom is -0.444 e. The van der Waals surface area contributed by atoms with E-state index < -0.39 is 11.7 Å². The van der Waals surface area contributed by atoms with E-state index in [1.165, 1.54) is 0 Å². The van der Waals surface area contributed by atoms with E-state index in [4.69, 9.17) is 9.72 Å². The van der Waals surface area contributed by atoms with Crippen LogP contribution in [0.3, 0.4) is 0 Å². The number of rotatable bonds is 4. The van der Waals surface area contributed by atoms with Crippen LogP contribution in [0.2, 0.25) is 0 Å². The van der Waals surface area contributed by atoms with Crippen molar-refractivity contribution < 1.29 is 9.53 Å². The molecule has 31 heavy (non-hydrogen) atoms. The second-order valence-electron chi connectivity index (χ2n) is 9.01. The number of aryl methyl sites for hydroxylation is 1. The summed E-state index contributed by atoms with van der Waals surface area (Å²) in [5.41, 5.74) is 2.14. The van der Waals surface area contributed by atoms with Crippen LogP contribution in [0.4, 0.5) is 10.7 Å². The van der Waals surface area contributed by atoms with Crippen LogP contribution in [0.15, 0.2) is 31.0 Å². The highest BCUT2D eigenvalue weighted by molar-refractivity contribution is 5.92. The topological polar surface area (TPSA) is 107 Å². The van der Waals surface area contributed by atoms with Crippen molar-refractivity contribution in [1.29, 1.82) is 0 Å². The molecule has 0 bridgehead atoms. The molecule has 1 saturated carbocycles. The number of aromatic nitrogens is 5. The molecule has 9 heteroatoms. The second kappa shape index (κ2) is 8.49. The van der Waals surface area contributed by atoms with Crippen LogP contribution in [-0.2, 0) is 11.8 Å². The van der Waals surface area contributed by atoms with E-state index in [2.05, 4.69) is 25.7 Å². The molecule has 1 aliphatic carbocycles. The Morgan fingerprint density at radius 2 is 1.90 bits per heavy atom. The number of anilines is 1. The lowest BCUT2D eigenvalue weighted by Gasteiger charge is -2.33. The monoisotopic (exact) mass is 423 g/mol. The fourth-order valence-corrected chi connectivity index (χ4v) is 3.90. The first-order valence-corrected chi connectivity index (χ1v) is 10.6. The van der Waals surface area contributed by atoms with Gasteiger partial charge in [0.1, 0.15) is 5.60 Å². The number of fused-ring (bicyclic) bond motifs is 1. The van der Waals surface area contributed by atoms with Gasteiger partial charge in [-0.1, -0.05) is 12.8 Å². The molecule has 9 nitrogen and oxygen atoms in total. The fraction of sp³-hybridized carbons (Fsp3) is 0.500. The van der Waals surface area contributed by atoms with Crippen molar-refractivity contribution >= 4 is 22.9 Å². The Kier molecular flexibility index (Phi) is 5.75. The summed E-state index contributed by atoms with van der Waals surface area (Å²) in [6.07, 6.45) is 12.6. The average Bonchev–Trinajstić information content (AvgIpc) is 3.13. The van der Waals surface area contributed by atoms with Gasteiger partial charge >= 0.3 is 6.09 Å². The number of carbonyl (C=O) groups excluding carboxylic acids is 1. The van der Waals surface area contributed by atoms with Crippen molar-refractivity contribution in [1.82, 2.24) is 30.0 Å². The van der Waals surface area contributed by atoms with Crippen LogP contribution >= 0.6 is 0 Å². The average molecular weight is 424 g/mol. The van der Waals surface area contributed by atoms with Gasteiger partial charge in [0.05, 0.1) is 17.8 Å². The zero-order valence-corrected chi connectivity index (χ0v) is 18.4. The molecule has 2 atom stereocenters. The molecule has 0 saturated heterocycles. The van der Waals surface area contributed by atoms with Crippen molar-refractivity contribution in [3.8, 4) is 11.1 Å². The molecule has 0 radical (unpaired) electrons. The number of nitrogens with zero attached hydrogens (tertiary/aromatic N) is 5. The lowest BCUT2D eigenvalue weighted by molar-refractivity contribution is 0.0488. The molecule has 164 valence electrons. The van der Waals surface area contributed by atoms with Crippen LogP contribution in [0, 0.1) is 0 Å². The first-order chi connectivity index (χ1) is 14.8. The summed E-state index contributed by atoms with van der Waals surface area (Å²) in [4.78, 5) is 25.9. The number of pyridine rings is 1. The zero-order valence-electron chi connectivity index (χ0n) is 18.4. The van der Waals surface area contributed by atoms with Gasteiger partial charge in [-0.3, -0.25) is 9.67 Å². The fourth-order valence-electron chi connectivity index (χ4n) is 3.90. The Morgan fingerprint density at radius 3 is 2.61 bits per heavy atom. The van der Waals surface area contributed by atoms with E-state index in [9.17, 15) is 4.79 Å². The Hall–Kier alpha value is -3.23. The third-order valence-corrected chi connectivity index (χ3v) is 5.29. The number of hydrogen-bond donors (Lipinski definition) is 2. The van der Waals surface area contributed by atoms with Gasteiger partial charge in [0, 0.05) is 54.4 Å². The van der Waals surface area contributed by atoms with Gasteiger partial charge in [-0.15, -0.1) is 0 Å². The van der Waals surface area contributed by atoms with E-state index in [1.807, 2.05) is 34.0 Å². The molecule has 0 aliphatic heterocycles. The molecular formula is C22H29N7O2. The summed E-state index contributed by atoms with van der Waals surface area (Å²) < 4.78 is 7.19.